The Kier molecular flexibility index (Phi) is 9.88. The van der Waals surface area contributed by atoms with Gasteiger partial charge in [0, 0.05) is 6.42 Å². The summed E-state index contributed by atoms with van der Waals surface area (Å²) in [5, 5.41) is 14.9. The molecule has 0 aromatic heterocycles. The van der Waals surface area contributed by atoms with E-state index in [1.54, 1.807) is 12.1 Å². The number of carbonyl (C=O) groups excluding carboxylic acids is 2. The molecule has 5 N–H and O–H groups in total. The van der Waals surface area contributed by atoms with Crippen molar-refractivity contribution in [3.63, 3.8) is 0 Å². The number of rotatable bonds is 12. The highest BCUT2D eigenvalue weighted by Crippen LogP contribution is 2.09. The molecule has 7 nitrogen and oxygen atoms in total. The summed E-state index contributed by atoms with van der Waals surface area (Å²) in [6.07, 6.45) is 1.62. The minimum absolute atomic E-state index is 0.115. The lowest BCUT2D eigenvalue weighted by molar-refractivity contribution is -0.142. The normalized spacial score (nSPS) is 13.8. The van der Waals surface area contributed by atoms with Crippen molar-refractivity contribution in [2.75, 3.05) is 0 Å². The van der Waals surface area contributed by atoms with Crippen LogP contribution in [0.2, 0.25) is 0 Å². The monoisotopic (exact) mass is 439 g/mol. The van der Waals surface area contributed by atoms with E-state index in [0.29, 0.717) is 19.3 Å². The number of carboxylic acid groups (broad SMARTS) is 1. The number of aryl methyl sites for hydroxylation is 1. The van der Waals surface area contributed by atoms with Crippen molar-refractivity contribution in [2.24, 2.45) is 11.7 Å². The second-order valence-electron chi connectivity index (χ2n) is 8.41. The molecular weight excluding hydrogens is 406 g/mol. The number of aliphatic carboxylic acids is 1. The fourth-order valence-electron chi connectivity index (χ4n) is 3.40. The molecule has 0 saturated heterocycles. The van der Waals surface area contributed by atoms with Crippen molar-refractivity contribution in [3.8, 4) is 0 Å². The van der Waals surface area contributed by atoms with Crippen molar-refractivity contribution in [2.45, 2.75) is 57.7 Å². The first-order chi connectivity index (χ1) is 15.3. The third-order valence-electron chi connectivity index (χ3n) is 5.16. The minimum Gasteiger partial charge on any atom is -0.480 e. The molecule has 0 fully saturated rings. The number of benzene rings is 2. The Morgan fingerprint density at radius 1 is 0.844 bits per heavy atom. The van der Waals surface area contributed by atoms with Crippen LogP contribution in [0.15, 0.2) is 60.7 Å². The zero-order chi connectivity index (χ0) is 23.5. The lowest BCUT2D eigenvalue weighted by Gasteiger charge is -2.24. The van der Waals surface area contributed by atoms with Gasteiger partial charge in [0.05, 0.1) is 6.04 Å². The highest BCUT2D eigenvalue weighted by molar-refractivity contribution is 5.91. The van der Waals surface area contributed by atoms with Gasteiger partial charge < -0.3 is 21.5 Å². The van der Waals surface area contributed by atoms with Crippen LogP contribution >= 0.6 is 0 Å². The standard InChI is InChI=1S/C25H33N3O4/c1-17(2)15-21(27-23(29)20(26)14-13-18-9-5-3-6-10-18)24(30)28-22(25(31)32)16-19-11-7-4-8-12-19/h3-12,17,20-22H,13-16,26H2,1-2H3,(H,27,29)(H,28,30)(H,31,32). The van der Waals surface area contributed by atoms with Gasteiger partial charge in [-0.1, -0.05) is 74.5 Å². The maximum absolute atomic E-state index is 12.9. The molecule has 0 saturated carbocycles. The molecule has 0 heterocycles. The summed E-state index contributed by atoms with van der Waals surface area (Å²) in [5.41, 5.74) is 7.94. The average molecular weight is 440 g/mol. The predicted octanol–water partition coefficient (Wildman–Crippen LogP) is 2.29. The van der Waals surface area contributed by atoms with Crippen LogP contribution < -0.4 is 16.4 Å². The Bertz CT molecular complexity index is 871. The molecule has 2 rings (SSSR count). The summed E-state index contributed by atoms with van der Waals surface area (Å²) in [6, 6.07) is 16.1. The smallest absolute Gasteiger partial charge is 0.326 e. The van der Waals surface area contributed by atoms with E-state index in [4.69, 9.17) is 5.73 Å². The van der Waals surface area contributed by atoms with Crippen LogP contribution in [0.1, 0.15) is 37.8 Å². The molecule has 0 bridgehead atoms. The van der Waals surface area contributed by atoms with Gasteiger partial charge in [0.2, 0.25) is 11.8 Å². The molecule has 0 aliphatic carbocycles. The first kappa shape index (κ1) is 25.1. The van der Waals surface area contributed by atoms with E-state index in [0.717, 1.165) is 11.1 Å². The van der Waals surface area contributed by atoms with Gasteiger partial charge in [-0.25, -0.2) is 4.79 Å². The summed E-state index contributed by atoms with van der Waals surface area (Å²) in [6.45, 7) is 3.86. The second kappa shape index (κ2) is 12.6. The SMILES string of the molecule is CC(C)CC(NC(=O)C(N)CCc1ccccc1)C(=O)NC(Cc1ccccc1)C(=O)O. The summed E-state index contributed by atoms with van der Waals surface area (Å²) in [5.74, 6) is -1.96. The van der Waals surface area contributed by atoms with Crippen LogP contribution in [0.25, 0.3) is 0 Å². The summed E-state index contributed by atoms with van der Waals surface area (Å²) in [7, 11) is 0. The summed E-state index contributed by atoms with van der Waals surface area (Å²) >= 11 is 0. The van der Waals surface area contributed by atoms with E-state index < -0.39 is 35.9 Å². The van der Waals surface area contributed by atoms with Gasteiger partial charge in [0.15, 0.2) is 0 Å². The van der Waals surface area contributed by atoms with Crippen LogP contribution in [0.3, 0.4) is 0 Å². The summed E-state index contributed by atoms with van der Waals surface area (Å²) in [4.78, 5) is 37.2. The lowest BCUT2D eigenvalue weighted by Crippen LogP contribution is -2.55. The predicted molar refractivity (Wildman–Crippen MR) is 124 cm³/mol. The Morgan fingerprint density at radius 2 is 1.38 bits per heavy atom. The van der Waals surface area contributed by atoms with E-state index in [1.807, 2.05) is 62.4 Å². The van der Waals surface area contributed by atoms with Crippen LogP contribution in [0.4, 0.5) is 0 Å². The quantitative estimate of drug-likeness (QED) is 0.404. The van der Waals surface area contributed by atoms with Gasteiger partial charge in [-0.3, -0.25) is 9.59 Å². The van der Waals surface area contributed by atoms with Crippen LogP contribution in [-0.2, 0) is 27.2 Å². The van der Waals surface area contributed by atoms with Crippen molar-refractivity contribution in [3.05, 3.63) is 71.8 Å². The number of amides is 2. The van der Waals surface area contributed by atoms with Crippen molar-refractivity contribution in [1.82, 2.24) is 10.6 Å². The topological polar surface area (TPSA) is 122 Å². The fraction of sp³-hybridized carbons (Fsp3) is 0.400. The molecule has 2 aromatic rings. The van der Waals surface area contributed by atoms with Crippen LogP contribution in [0, 0.1) is 5.92 Å². The molecular formula is C25H33N3O4. The van der Waals surface area contributed by atoms with Crippen molar-refractivity contribution in [1.29, 1.82) is 0 Å². The molecule has 0 spiro atoms. The van der Waals surface area contributed by atoms with E-state index in [-0.39, 0.29) is 12.3 Å². The first-order valence-corrected chi connectivity index (χ1v) is 10.9. The van der Waals surface area contributed by atoms with Gasteiger partial charge in [-0.15, -0.1) is 0 Å². The summed E-state index contributed by atoms with van der Waals surface area (Å²) < 4.78 is 0. The van der Waals surface area contributed by atoms with Crippen molar-refractivity contribution < 1.29 is 19.5 Å². The Labute approximate surface area is 189 Å². The first-order valence-electron chi connectivity index (χ1n) is 10.9. The Balaban J connectivity index is 1.99. The minimum atomic E-state index is -1.13. The van der Waals surface area contributed by atoms with E-state index in [1.165, 1.54) is 0 Å². The zero-order valence-electron chi connectivity index (χ0n) is 18.7. The van der Waals surface area contributed by atoms with E-state index in [9.17, 15) is 19.5 Å². The third-order valence-corrected chi connectivity index (χ3v) is 5.16. The van der Waals surface area contributed by atoms with Gasteiger partial charge >= 0.3 is 5.97 Å². The molecule has 2 aromatic carbocycles. The number of nitrogens with one attached hydrogen (secondary N) is 2. The fourth-order valence-corrected chi connectivity index (χ4v) is 3.40. The molecule has 3 atom stereocenters. The van der Waals surface area contributed by atoms with E-state index in [2.05, 4.69) is 10.6 Å². The van der Waals surface area contributed by atoms with Crippen LogP contribution in [0.5, 0.6) is 0 Å². The third kappa shape index (κ3) is 8.51. The lowest BCUT2D eigenvalue weighted by atomic mass is 10.00. The second-order valence-corrected chi connectivity index (χ2v) is 8.41. The molecule has 0 aliphatic heterocycles. The molecule has 3 unspecified atom stereocenters. The highest BCUT2D eigenvalue weighted by Gasteiger charge is 2.28. The molecule has 32 heavy (non-hydrogen) atoms. The largest absolute Gasteiger partial charge is 0.480 e. The van der Waals surface area contributed by atoms with Gasteiger partial charge in [-0.2, -0.15) is 0 Å². The maximum Gasteiger partial charge on any atom is 0.326 e. The van der Waals surface area contributed by atoms with Crippen LogP contribution in [-0.4, -0.2) is 41.0 Å². The Morgan fingerprint density at radius 3 is 1.91 bits per heavy atom. The molecule has 7 heteroatoms. The highest BCUT2D eigenvalue weighted by atomic mass is 16.4. The number of hydrogen-bond donors (Lipinski definition) is 4. The van der Waals surface area contributed by atoms with E-state index >= 15 is 0 Å². The number of nitrogens with two attached hydrogens (primary N) is 1. The average Bonchev–Trinajstić information content (AvgIpc) is 2.77. The Hall–Kier alpha value is -3.19. The maximum atomic E-state index is 12.9. The van der Waals surface area contributed by atoms with Gasteiger partial charge in [-0.05, 0) is 36.3 Å². The number of hydrogen-bond acceptors (Lipinski definition) is 4. The van der Waals surface area contributed by atoms with Crippen molar-refractivity contribution >= 4 is 17.8 Å². The molecule has 2 amide bonds. The number of carbonyl (C=O) groups is 3. The molecule has 0 radical (unpaired) electrons. The molecule has 172 valence electrons. The van der Waals surface area contributed by atoms with Gasteiger partial charge in [0.1, 0.15) is 12.1 Å². The number of carboxylic acids is 1. The van der Waals surface area contributed by atoms with Gasteiger partial charge in [0.25, 0.3) is 0 Å². The zero-order valence-corrected chi connectivity index (χ0v) is 18.7. The molecule has 0 aliphatic rings.